The van der Waals surface area contributed by atoms with Crippen molar-refractivity contribution in [1.29, 1.82) is 0 Å². The van der Waals surface area contributed by atoms with E-state index in [1.165, 1.54) is 11.1 Å². The quantitative estimate of drug-likeness (QED) is 0.888. The number of benzene rings is 2. The molecule has 2 aromatic rings. The molecule has 1 heterocycles. The van der Waals surface area contributed by atoms with Crippen molar-refractivity contribution in [1.82, 2.24) is 10.2 Å². The second-order valence-electron chi connectivity index (χ2n) is 7.17. The van der Waals surface area contributed by atoms with Crippen molar-refractivity contribution in [2.75, 3.05) is 6.54 Å². The van der Waals surface area contributed by atoms with Gasteiger partial charge < -0.3 is 10.2 Å². The molecule has 0 aliphatic carbocycles. The van der Waals surface area contributed by atoms with Crippen molar-refractivity contribution in [2.45, 2.75) is 46.2 Å². The van der Waals surface area contributed by atoms with Gasteiger partial charge in [0, 0.05) is 25.1 Å². The van der Waals surface area contributed by atoms with E-state index in [1.54, 1.807) is 0 Å². The predicted molar refractivity (Wildman–Crippen MR) is 103 cm³/mol. The van der Waals surface area contributed by atoms with E-state index in [9.17, 15) is 9.59 Å². The monoisotopic (exact) mass is 350 g/mol. The molecular weight excluding hydrogens is 324 g/mol. The molecular formula is C22H26N2O2. The maximum atomic E-state index is 12.6. The van der Waals surface area contributed by atoms with Crippen LogP contribution in [-0.4, -0.2) is 23.3 Å². The number of amides is 2. The molecule has 0 spiro atoms. The Kier molecular flexibility index (Phi) is 5.40. The highest BCUT2D eigenvalue weighted by Crippen LogP contribution is 2.20. The summed E-state index contributed by atoms with van der Waals surface area (Å²) in [5.74, 6) is 0.136. The van der Waals surface area contributed by atoms with Gasteiger partial charge in [-0.15, -0.1) is 0 Å². The number of carbonyl (C=O) groups is 2. The van der Waals surface area contributed by atoms with Gasteiger partial charge in [-0.25, -0.2) is 0 Å². The third-order valence-corrected chi connectivity index (χ3v) is 5.01. The van der Waals surface area contributed by atoms with Gasteiger partial charge in [0.15, 0.2) is 0 Å². The first-order valence-electron chi connectivity index (χ1n) is 9.19. The first-order valence-corrected chi connectivity index (χ1v) is 9.19. The number of aryl methyl sites for hydroxylation is 2. The summed E-state index contributed by atoms with van der Waals surface area (Å²) in [4.78, 5) is 26.2. The van der Waals surface area contributed by atoms with Crippen LogP contribution in [0.15, 0.2) is 42.5 Å². The van der Waals surface area contributed by atoms with Crippen LogP contribution in [0.1, 0.15) is 58.4 Å². The van der Waals surface area contributed by atoms with Crippen molar-refractivity contribution in [2.24, 2.45) is 0 Å². The fourth-order valence-electron chi connectivity index (χ4n) is 3.44. The molecule has 1 fully saturated rings. The average Bonchev–Trinajstić information content (AvgIpc) is 3.02. The molecule has 0 radical (unpaired) electrons. The van der Waals surface area contributed by atoms with Crippen molar-refractivity contribution >= 4 is 11.8 Å². The van der Waals surface area contributed by atoms with E-state index in [2.05, 4.69) is 37.4 Å². The minimum Gasteiger partial charge on any atom is -0.346 e. The third kappa shape index (κ3) is 4.13. The molecule has 1 N–H and O–H groups in total. The zero-order chi connectivity index (χ0) is 18.7. The van der Waals surface area contributed by atoms with Crippen LogP contribution >= 0.6 is 0 Å². The first-order chi connectivity index (χ1) is 12.4. The summed E-state index contributed by atoms with van der Waals surface area (Å²) in [5, 5.41) is 3.08. The van der Waals surface area contributed by atoms with E-state index >= 15 is 0 Å². The van der Waals surface area contributed by atoms with Gasteiger partial charge in [-0.1, -0.05) is 35.9 Å². The highest BCUT2D eigenvalue weighted by atomic mass is 16.2. The predicted octanol–water partition coefficient (Wildman–Crippen LogP) is 3.92. The lowest BCUT2D eigenvalue weighted by molar-refractivity contribution is -0.128. The molecule has 0 bridgehead atoms. The lowest BCUT2D eigenvalue weighted by atomic mass is 9.99. The highest BCUT2D eigenvalue weighted by molar-refractivity contribution is 5.94. The number of hydrogen-bond acceptors (Lipinski definition) is 2. The average molecular weight is 350 g/mol. The van der Waals surface area contributed by atoms with Crippen LogP contribution in [0.25, 0.3) is 0 Å². The third-order valence-electron chi connectivity index (χ3n) is 5.01. The molecule has 2 amide bonds. The lowest BCUT2D eigenvalue weighted by Gasteiger charge is -2.18. The van der Waals surface area contributed by atoms with E-state index < -0.39 is 0 Å². The van der Waals surface area contributed by atoms with Crippen LogP contribution in [-0.2, 0) is 11.3 Å². The molecule has 1 saturated heterocycles. The molecule has 0 aromatic heterocycles. The number of nitrogens with one attached hydrogen (secondary N) is 1. The summed E-state index contributed by atoms with van der Waals surface area (Å²) in [6.45, 7) is 7.58. The number of carbonyl (C=O) groups excluding carboxylic acids is 2. The Bertz CT molecular complexity index is 811. The topological polar surface area (TPSA) is 49.4 Å². The minimum atomic E-state index is -0.0813. The van der Waals surface area contributed by atoms with Crippen LogP contribution in [0.4, 0.5) is 0 Å². The van der Waals surface area contributed by atoms with Gasteiger partial charge in [-0.05, 0) is 56.0 Å². The Morgan fingerprint density at radius 1 is 1.15 bits per heavy atom. The van der Waals surface area contributed by atoms with Crippen LogP contribution in [0.5, 0.6) is 0 Å². The lowest BCUT2D eigenvalue weighted by Crippen LogP contribution is -2.27. The number of hydrogen-bond donors (Lipinski definition) is 1. The summed E-state index contributed by atoms with van der Waals surface area (Å²) in [7, 11) is 0. The molecule has 136 valence electrons. The van der Waals surface area contributed by atoms with E-state index in [0.717, 1.165) is 24.1 Å². The van der Waals surface area contributed by atoms with Crippen molar-refractivity contribution in [3.63, 3.8) is 0 Å². The zero-order valence-corrected chi connectivity index (χ0v) is 15.7. The van der Waals surface area contributed by atoms with Crippen molar-refractivity contribution < 1.29 is 9.59 Å². The Morgan fingerprint density at radius 3 is 2.54 bits per heavy atom. The summed E-state index contributed by atoms with van der Waals surface area (Å²) in [6.07, 6.45) is 1.59. The fraction of sp³-hybridized carbons (Fsp3) is 0.364. The molecule has 1 aliphatic heterocycles. The fourth-order valence-corrected chi connectivity index (χ4v) is 3.44. The second-order valence-corrected chi connectivity index (χ2v) is 7.17. The number of nitrogens with zero attached hydrogens (tertiary/aromatic N) is 1. The molecule has 1 atom stereocenters. The smallest absolute Gasteiger partial charge is 0.251 e. The Balaban J connectivity index is 1.64. The summed E-state index contributed by atoms with van der Waals surface area (Å²) in [6, 6.07) is 13.8. The standard InChI is InChI=1S/C22H26N2O2/c1-15-6-7-16(2)20(13-15)17(3)23-22(26)19-10-8-18(9-11-19)14-24-12-4-5-21(24)25/h6-11,13,17H,4-5,12,14H2,1-3H3,(H,23,26)/t17-/m0/s1. The molecule has 0 saturated carbocycles. The molecule has 0 unspecified atom stereocenters. The molecule has 4 nitrogen and oxygen atoms in total. The Labute approximate surface area is 155 Å². The van der Waals surface area contributed by atoms with Gasteiger partial charge in [0.05, 0.1) is 6.04 Å². The Hall–Kier alpha value is -2.62. The van der Waals surface area contributed by atoms with Gasteiger partial charge in [0.2, 0.25) is 5.91 Å². The largest absolute Gasteiger partial charge is 0.346 e. The van der Waals surface area contributed by atoms with E-state index in [-0.39, 0.29) is 17.9 Å². The maximum absolute atomic E-state index is 12.6. The molecule has 2 aromatic carbocycles. The minimum absolute atomic E-state index is 0.0516. The van der Waals surface area contributed by atoms with Gasteiger partial charge in [-0.2, -0.15) is 0 Å². The summed E-state index contributed by atoms with van der Waals surface area (Å²) >= 11 is 0. The van der Waals surface area contributed by atoms with Crippen LogP contribution < -0.4 is 5.32 Å². The van der Waals surface area contributed by atoms with Crippen LogP contribution in [0, 0.1) is 13.8 Å². The normalized spacial score (nSPS) is 15.2. The maximum Gasteiger partial charge on any atom is 0.251 e. The SMILES string of the molecule is Cc1ccc(C)c([C@H](C)NC(=O)c2ccc(CN3CCCC3=O)cc2)c1. The second kappa shape index (κ2) is 7.73. The molecule has 3 rings (SSSR count). The summed E-state index contributed by atoms with van der Waals surface area (Å²) in [5.41, 5.74) is 5.20. The number of rotatable bonds is 5. The molecule has 26 heavy (non-hydrogen) atoms. The van der Waals surface area contributed by atoms with Crippen molar-refractivity contribution in [3.05, 3.63) is 70.3 Å². The Morgan fingerprint density at radius 2 is 1.88 bits per heavy atom. The first kappa shape index (κ1) is 18.2. The zero-order valence-electron chi connectivity index (χ0n) is 15.7. The van der Waals surface area contributed by atoms with Crippen LogP contribution in [0.2, 0.25) is 0 Å². The summed E-state index contributed by atoms with van der Waals surface area (Å²) < 4.78 is 0. The van der Waals surface area contributed by atoms with E-state index in [1.807, 2.05) is 36.1 Å². The van der Waals surface area contributed by atoms with Gasteiger partial charge >= 0.3 is 0 Å². The van der Waals surface area contributed by atoms with Gasteiger partial charge in [-0.3, -0.25) is 9.59 Å². The molecule has 4 heteroatoms. The van der Waals surface area contributed by atoms with Gasteiger partial charge in [0.1, 0.15) is 0 Å². The number of likely N-dealkylation sites (tertiary alicyclic amines) is 1. The van der Waals surface area contributed by atoms with E-state index in [4.69, 9.17) is 0 Å². The van der Waals surface area contributed by atoms with Crippen molar-refractivity contribution in [3.8, 4) is 0 Å². The van der Waals surface area contributed by atoms with E-state index in [0.29, 0.717) is 18.5 Å². The van der Waals surface area contributed by atoms with Crippen LogP contribution in [0.3, 0.4) is 0 Å². The van der Waals surface area contributed by atoms with Gasteiger partial charge in [0.25, 0.3) is 5.91 Å². The highest BCUT2D eigenvalue weighted by Gasteiger charge is 2.20. The molecule has 1 aliphatic rings.